The van der Waals surface area contributed by atoms with Gasteiger partial charge < -0.3 is 14.8 Å². The fourth-order valence-electron chi connectivity index (χ4n) is 3.43. The largest absolute Gasteiger partial charge is 0.493 e. The highest BCUT2D eigenvalue weighted by Gasteiger charge is 2.11. The molecule has 0 aliphatic rings. The van der Waals surface area contributed by atoms with Gasteiger partial charge in [-0.2, -0.15) is 0 Å². The zero-order valence-electron chi connectivity index (χ0n) is 18.3. The number of unbranched alkanes of at least 4 members (excludes halogenated alkanes) is 3. The monoisotopic (exact) mass is 438 g/mol. The van der Waals surface area contributed by atoms with E-state index in [2.05, 4.69) is 27.4 Å². The third-order valence-electron chi connectivity index (χ3n) is 5.15. The number of nitrogens with one attached hydrogen (secondary N) is 2. The average molecular weight is 439 g/mol. The van der Waals surface area contributed by atoms with E-state index in [1.54, 1.807) is 18.9 Å². The number of aromatic nitrogens is 2. The Morgan fingerprint density at radius 3 is 2.62 bits per heavy atom. The Morgan fingerprint density at radius 1 is 1.03 bits per heavy atom. The van der Waals surface area contributed by atoms with E-state index in [1.165, 1.54) is 5.56 Å². The fraction of sp³-hybridized carbons (Fsp3) is 0.375. The van der Waals surface area contributed by atoms with Gasteiger partial charge in [-0.25, -0.2) is 15.4 Å². The molecule has 0 aliphatic carbocycles. The summed E-state index contributed by atoms with van der Waals surface area (Å²) >= 11 is 0. The van der Waals surface area contributed by atoms with Gasteiger partial charge >= 0.3 is 0 Å². The Balaban J connectivity index is 1.58. The lowest BCUT2D eigenvalue weighted by molar-refractivity contribution is -0.129. The van der Waals surface area contributed by atoms with Crippen LogP contribution in [0.1, 0.15) is 37.7 Å². The Morgan fingerprint density at radius 2 is 1.84 bits per heavy atom. The summed E-state index contributed by atoms with van der Waals surface area (Å²) in [7, 11) is 1.61. The molecule has 8 nitrogen and oxygen atoms in total. The maximum atomic E-state index is 11.0. The number of amides is 1. The van der Waals surface area contributed by atoms with Crippen LogP contribution in [-0.2, 0) is 11.2 Å². The van der Waals surface area contributed by atoms with Crippen LogP contribution in [0.3, 0.4) is 0 Å². The number of carbonyl (C=O) groups excluding carboxylic acids is 1. The Bertz CT molecular complexity index is 998. The third kappa shape index (κ3) is 6.81. The van der Waals surface area contributed by atoms with Crippen molar-refractivity contribution in [2.75, 3.05) is 25.6 Å². The van der Waals surface area contributed by atoms with Crippen molar-refractivity contribution in [1.29, 1.82) is 0 Å². The first-order valence-corrected chi connectivity index (χ1v) is 10.9. The van der Waals surface area contributed by atoms with E-state index in [4.69, 9.17) is 14.7 Å². The molecule has 32 heavy (non-hydrogen) atoms. The Kier molecular flexibility index (Phi) is 9.06. The molecule has 3 N–H and O–H groups in total. The number of ether oxygens (including phenoxy) is 2. The van der Waals surface area contributed by atoms with E-state index >= 15 is 0 Å². The summed E-state index contributed by atoms with van der Waals surface area (Å²) in [6.07, 6.45) is 6.20. The standard InChI is InChI=1S/C24H30N4O4/c1-31-21-16-20-19(15-22(21)32-14-8-3-2-7-11-23(29)28-30)24(27-17-26-20)25-13-12-18-9-5-4-6-10-18/h4-6,9-10,15-17,30H,2-3,7-8,11-14H2,1H3,(H,28,29)(H,25,26,27). The van der Waals surface area contributed by atoms with Crippen molar-refractivity contribution < 1.29 is 19.5 Å². The summed E-state index contributed by atoms with van der Waals surface area (Å²) in [6.45, 7) is 1.30. The second-order valence-electron chi connectivity index (χ2n) is 7.45. The molecule has 0 saturated heterocycles. The molecule has 1 aromatic heterocycles. The maximum absolute atomic E-state index is 11.0. The highest BCUT2D eigenvalue weighted by molar-refractivity contribution is 5.91. The van der Waals surface area contributed by atoms with Crippen LogP contribution in [0.2, 0.25) is 0 Å². The van der Waals surface area contributed by atoms with Crippen LogP contribution in [0.5, 0.6) is 11.5 Å². The highest BCUT2D eigenvalue weighted by atomic mass is 16.5. The molecule has 1 heterocycles. The van der Waals surface area contributed by atoms with Gasteiger partial charge in [-0.3, -0.25) is 10.0 Å². The lowest BCUT2D eigenvalue weighted by Gasteiger charge is -2.14. The summed E-state index contributed by atoms with van der Waals surface area (Å²) in [5.74, 6) is 1.70. The van der Waals surface area contributed by atoms with Crippen LogP contribution >= 0.6 is 0 Å². The van der Waals surface area contributed by atoms with Crippen LogP contribution in [-0.4, -0.2) is 41.3 Å². The number of fused-ring (bicyclic) bond motifs is 1. The molecule has 0 atom stereocenters. The van der Waals surface area contributed by atoms with E-state index in [9.17, 15) is 4.79 Å². The first-order chi connectivity index (χ1) is 15.7. The Hall–Kier alpha value is -3.39. The number of anilines is 1. The van der Waals surface area contributed by atoms with Crippen molar-refractivity contribution in [3.63, 3.8) is 0 Å². The van der Waals surface area contributed by atoms with E-state index in [1.807, 2.05) is 30.3 Å². The van der Waals surface area contributed by atoms with Crippen molar-refractivity contribution in [1.82, 2.24) is 15.4 Å². The van der Waals surface area contributed by atoms with Gasteiger partial charge in [0.2, 0.25) is 5.91 Å². The smallest absolute Gasteiger partial charge is 0.243 e. The number of benzene rings is 2. The molecule has 0 radical (unpaired) electrons. The SMILES string of the molecule is COc1cc2ncnc(NCCc3ccccc3)c2cc1OCCCCCCC(=O)NO. The lowest BCUT2D eigenvalue weighted by atomic mass is 10.1. The summed E-state index contributed by atoms with van der Waals surface area (Å²) in [6, 6.07) is 14.1. The number of carbonyl (C=O) groups is 1. The predicted octanol–water partition coefficient (Wildman–Crippen LogP) is 4.13. The zero-order chi connectivity index (χ0) is 22.6. The third-order valence-corrected chi connectivity index (χ3v) is 5.15. The number of hydrogen-bond acceptors (Lipinski definition) is 7. The second-order valence-corrected chi connectivity index (χ2v) is 7.45. The van der Waals surface area contributed by atoms with Crippen LogP contribution in [0.25, 0.3) is 10.9 Å². The topological polar surface area (TPSA) is 106 Å². The molecular weight excluding hydrogens is 408 g/mol. The average Bonchev–Trinajstić information content (AvgIpc) is 2.83. The molecule has 170 valence electrons. The minimum atomic E-state index is -0.349. The summed E-state index contributed by atoms with van der Waals surface area (Å²) in [4.78, 5) is 19.8. The van der Waals surface area contributed by atoms with Gasteiger partial charge in [0, 0.05) is 24.4 Å². The van der Waals surface area contributed by atoms with Gasteiger partial charge in [0.05, 0.1) is 19.2 Å². The Labute approximate surface area is 187 Å². The van der Waals surface area contributed by atoms with Crippen molar-refractivity contribution in [2.24, 2.45) is 0 Å². The highest BCUT2D eigenvalue weighted by Crippen LogP contribution is 2.34. The molecule has 0 unspecified atom stereocenters. The minimum absolute atomic E-state index is 0.329. The molecule has 3 rings (SSSR count). The van der Waals surface area contributed by atoms with E-state index in [-0.39, 0.29) is 5.91 Å². The molecule has 0 bridgehead atoms. The van der Waals surface area contributed by atoms with Gasteiger partial charge in [0.1, 0.15) is 12.1 Å². The number of methoxy groups -OCH3 is 1. The van der Waals surface area contributed by atoms with Gasteiger partial charge in [-0.1, -0.05) is 43.2 Å². The van der Waals surface area contributed by atoms with Crippen molar-refractivity contribution >= 4 is 22.6 Å². The van der Waals surface area contributed by atoms with Crippen molar-refractivity contribution in [3.05, 3.63) is 54.4 Å². The van der Waals surface area contributed by atoms with Crippen LogP contribution in [0.4, 0.5) is 5.82 Å². The zero-order valence-corrected chi connectivity index (χ0v) is 18.3. The summed E-state index contributed by atoms with van der Waals surface area (Å²) in [5, 5.41) is 12.8. The first kappa shape index (κ1) is 23.3. The second kappa shape index (κ2) is 12.5. The van der Waals surface area contributed by atoms with E-state index < -0.39 is 0 Å². The fourth-order valence-corrected chi connectivity index (χ4v) is 3.43. The molecule has 0 aliphatic heterocycles. The summed E-state index contributed by atoms with van der Waals surface area (Å²) in [5.41, 5.74) is 3.70. The van der Waals surface area contributed by atoms with Crippen LogP contribution < -0.4 is 20.3 Å². The molecule has 0 saturated carbocycles. The van der Waals surface area contributed by atoms with Gasteiger partial charge in [-0.05, 0) is 30.9 Å². The predicted molar refractivity (Wildman–Crippen MR) is 123 cm³/mol. The molecule has 2 aromatic carbocycles. The van der Waals surface area contributed by atoms with Crippen LogP contribution in [0, 0.1) is 0 Å². The number of rotatable bonds is 13. The normalized spacial score (nSPS) is 10.7. The van der Waals surface area contributed by atoms with Crippen LogP contribution in [0.15, 0.2) is 48.8 Å². The van der Waals surface area contributed by atoms with Gasteiger partial charge in [0.15, 0.2) is 11.5 Å². The molecular formula is C24H30N4O4. The molecule has 0 fully saturated rings. The molecule has 3 aromatic rings. The van der Waals surface area contributed by atoms with Gasteiger partial charge in [-0.15, -0.1) is 0 Å². The summed E-state index contributed by atoms with van der Waals surface area (Å²) < 4.78 is 11.5. The van der Waals surface area contributed by atoms with E-state index in [0.717, 1.165) is 55.4 Å². The first-order valence-electron chi connectivity index (χ1n) is 10.9. The lowest BCUT2D eigenvalue weighted by Crippen LogP contribution is -2.17. The number of hydroxylamine groups is 1. The number of nitrogens with zero attached hydrogens (tertiary/aromatic N) is 2. The quantitative estimate of drug-likeness (QED) is 0.209. The molecule has 0 spiro atoms. The van der Waals surface area contributed by atoms with Crippen molar-refractivity contribution in [2.45, 2.75) is 38.5 Å². The minimum Gasteiger partial charge on any atom is -0.493 e. The molecule has 1 amide bonds. The van der Waals surface area contributed by atoms with Crippen molar-refractivity contribution in [3.8, 4) is 11.5 Å². The van der Waals surface area contributed by atoms with E-state index in [0.29, 0.717) is 24.5 Å². The number of hydrogen-bond donors (Lipinski definition) is 3. The van der Waals surface area contributed by atoms with Gasteiger partial charge in [0.25, 0.3) is 0 Å². The maximum Gasteiger partial charge on any atom is 0.243 e. The molecule has 8 heteroatoms.